The number of rotatable bonds is 25. The lowest BCUT2D eigenvalue weighted by molar-refractivity contribution is -0.0620. The van der Waals surface area contributed by atoms with Gasteiger partial charge in [0, 0.05) is 163 Å². The van der Waals surface area contributed by atoms with Crippen LogP contribution in [0.15, 0.2) is 164 Å². The molecule has 0 amide bonds. The molecule has 584 valence electrons. The molecule has 7 aliphatic rings. The SMILES string of the molecule is C[C@H]1COC(c2ccc(N)nc2)=CN1CC1CC1CCCC(=O)c1cc2ccccc2[nH]1.C[C@H]1CO[C@@H](c2ccc(N)nc2)CN1.C[C@H]1CO[C@@H](c2ccc(N)nc2)CN1CC1CC1CCCC(=O)c1cc2ccccc2[nH]1.C[C@H]1CO[C@@H](c2cnc(N)c(O)c2)CN1CC1CC1CCCC(=O)c1cc2ccccc2[nH]1. The Bertz CT molecular complexity index is 4690. The van der Waals surface area contributed by atoms with Gasteiger partial charge >= 0.3 is 0 Å². The van der Waals surface area contributed by atoms with E-state index in [1.54, 1.807) is 36.8 Å². The van der Waals surface area contributed by atoms with Gasteiger partial charge in [0.25, 0.3) is 0 Å². The van der Waals surface area contributed by atoms with Crippen LogP contribution >= 0.6 is 0 Å². The van der Waals surface area contributed by atoms with Crippen molar-refractivity contribution in [2.75, 3.05) is 88.6 Å². The Morgan fingerprint density at radius 3 is 1.33 bits per heavy atom. The highest BCUT2D eigenvalue weighted by Gasteiger charge is 2.42. The number of hydrogen-bond acceptors (Lipinski definition) is 20. The zero-order valence-electron chi connectivity index (χ0n) is 64.4. The molecule has 17 rings (SSSR count). The van der Waals surface area contributed by atoms with E-state index in [1.165, 1.54) is 19.3 Å². The van der Waals surface area contributed by atoms with Gasteiger partial charge in [-0.25, -0.2) is 19.9 Å². The highest BCUT2D eigenvalue weighted by atomic mass is 16.5. The summed E-state index contributed by atoms with van der Waals surface area (Å²) >= 11 is 0. The van der Waals surface area contributed by atoms with E-state index in [0.29, 0.717) is 91.9 Å². The molecule has 23 heteroatoms. The second kappa shape index (κ2) is 36.0. The quantitative estimate of drug-likeness (QED) is 0.0240. The van der Waals surface area contributed by atoms with E-state index >= 15 is 0 Å². The van der Waals surface area contributed by atoms with Crippen molar-refractivity contribution in [3.05, 3.63) is 204 Å². The van der Waals surface area contributed by atoms with Crippen molar-refractivity contribution < 1.29 is 38.4 Å². The Balaban J connectivity index is 0.000000127. The van der Waals surface area contributed by atoms with Crippen LogP contribution in [0, 0.1) is 35.5 Å². The number of pyridine rings is 4. The average Bonchev–Trinajstić information content (AvgIpc) is 1.77. The van der Waals surface area contributed by atoms with Crippen LogP contribution in [0.5, 0.6) is 5.75 Å². The van der Waals surface area contributed by atoms with E-state index in [-0.39, 0.29) is 47.2 Å². The fraction of sp³-hybridized carbons (Fsp3) is 0.443. The Morgan fingerprint density at radius 1 is 0.468 bits per heavy atom. The summed E-state index contributed by atoms with van der Waals surface area (Å²) in [5, 5.41) is 16.5. The van der Waals surface area contributed by atoms with E-state index in [9.17, 15) is 19.5 Å². The number of nitrogens with one attached hydrogen (secondary N) is 4. The number of fused-ring (bicyclic) bond motifs is 3. The number of ketones is 3. The third-order valence-electron chi connectivity index (χ3n) is 23.4. The second-order valence-corrected chi connectivity index (χ2v) is 31.9. The van der Waals surface area contributed by atoms with Crippen molar-refractivity contribution in [1.29, 1.82) is 0 Å². The van der Waals surface area contributed by atoms with Crippen molar-refractivity contribution in [2.24, 2.45) is 35.5 Å². The van der Waals surface area contributed by atoms with Gasteiger partial charge in [-0.05, 0) is 188 Å². The van der Waals surface area contributed by atoms with Crippen molar-refractivity contribution >= 4 is 79.1 Å². The Hall–Kier alpha value is -10.0. The molecule has 7 aromatic heterocycles. The Kier molecular flexibility index (Phi) is 25.2. The standard InChI is InChI=1S/C26H32N4O3.C26H32N4O2.C26H30N4O2.C10H15N3O/c1-16-15-33-25(19-11-24(32)26(27)28-12-19)14-30(16)13-20-9-17(20)6-4-8-23(31)22-10-18-5-2-3-7-21(18)29-22;2*1-17-16-32-25(20-9-10-26(27)28-13-20)15-30(17)14-21-11-18(21)6-4-8-24(31)23-12-19-5-2-3-7-22(19)29-23;1-7-6-14-9(5-12-7)8-2-3-10(11)13-4-8/h2-3,5,7,10-12,16-17,20,25,29,32H,4,6,8-9,13-15H2,1H3,(H2,27,28);2-3,5,7,9-10,12-13,17-18,21,25,29H,4,6,8,11,14-16H2,1H3,(H2,27,28);2-3,5,7,9-10,12-13,15,17-18,21,29H,4,6,8,11,14,16H2,1H3,(H2,27,28);2-4,7,9,12H,5-6H2,1H3,(H2,11,13)/t16-,17?,20?,25+;17-,18?,21?,25+;17-,18?,21?;7-,9+/m0000/s1. The lowest BCUT2D eigenvalue weighted by Crippen LogP contribution is -2.46. The predicted octanol–water partition coefficient (Wildman–Crippen LogP) is 14.5. The Labute approximate surface area is 650 Å². The number of nitrogen functional groups attached to an aromatic ring is 4. The summed E-state index contributed by atoms with van der Waals surface area (Å²) in [7, 11) is 0. The summed E-state index contributed by atoms with van der Waals surface area (Å²) in [6, 6.07) is 44.6. The van der Waals surface area contributed by atoms with Gasteiger partial charge in [-0.15, -0.1) is 0 Å². The molecule has 0 radical (unpaired) electrons. The van der Waals surface area contributed by atoms with Crippen molar-refractivity contribution in [2.45, 2.75) is 147 Å². The highest BCUT2D eigenvalue weighted by molar-refractivity contribution is 6.01. The van der Waals surface area contributed by atoms with Gasteiger partial charge in [-0.3, -0.25) is 24.2 Å². The molecule has 3 saturated carbocycles. The maximum atomic E-state index is 12.6. The number of ether oxygens (including phenoxy) is 4. The summed E-state index contributed by atoms with van der Waals surface area (Å²) in [5.74, 6) is 7.54. The highest BCUT2D eigenvalue weighted by Crippen LogP contribution is 2.47. The number of carbonyl (C=O) groups excluding carboxylic acids is 3. The van der Waals surface area contributed by atoms with Crippen LogP contribution in [0.1, 0.15) is 177 Å². The van der Waals surface area contributed by atoms with Crippen LogP contribution in [-0.4, -0.2) is 162 Å². The van der Waals surface area contributed by atoms with Crippen LogP contribution in [-0.2, 0) is 18.9 Å². The van der Waals surface area contributed by atoms with Gasteiger partial charge in [-0.1, -0.05) is 66.7 Å². The molecule has 4 aliphatic heterocycles. The first-order valence-corrected chi connectivity index (χ1v) is 39.9. The van der Waals surface area contributed by atoms with Gasteiger partial charge in [0.2, 0.25) is 0 Å². The first-order valence-electron chi connectivity index (χ1n) is 39.9. The van der Waals surface area contributed by atoms with Crippen molar-refractivity contribution in [3.63, 3.8) is 0 Å². The minimum atomic E-state index is -0.105. The topological polar surface area (TPSA) is 333 Å². The minimum absolute atomic E-state index is 0.00511. The van der Waals surface area contributed by atoms with E-state index in [1.807, 2.05) is 121 Å². The van der Waals surface area contributed by atoms with Gasteiger partial charge in [-0.2, -0.15) is 0 Å². The van der Waals surface area contributed by atoms with Crippen molar-refractivity contribution in [3.8, 4) is 5.75 Å². The third kappa shape index (κ3) is 20.8. The van der Waals surface area contributed by atoms with Crippen LogP contribution in [0.2, 0.25) is 0 Å². The number of nitrogens with two attached hydrogens (primary N) is 4. The van der Waals surface area contributed by atoms with Gasteiger partial charge in [0.05, 0.1) is 61.3 Å². The fourth-order valence-electron chi connectivity index (χ4n) is 16.0. The lowest BCUT2D eigenvalue weighted by atomic mass is 10.1. The van der Waals surface area contributed by atoms with E-state index in [4.69, 9.17) is 41.9 Å². The number of aromatic hydroxyl groups is 1. The summed E-state index contributed by atoms with van der Waals surface area (Å²) in [4.78, 5) is 71.4. The summed E-state index contributed by atoms with van der Waals surface area (Å²) in [6.07, 6.45) is 21.1. The lowest BCUT2D eigenvalue weighted by Gasteiger charge is -2.38. The molecule has 3 aromatic carbocycles. The maximum Gasteiger partial charge on any atom is 0.179 e. The normalized spacial score (nSPS) is 24.9. The van der Waals surface area contributed by atoms with Crippen LogP contribution in [0.3, 0.4) is 0 Å². The molecule has 13 atom stereocenters. The fourth-order valence-corrected chi connectivity index (χ4v) is 16.0. The summed E-state index contributed by atoms with van der Waals surface area (Å²) in [6.45, 7) is 17.3. The van der Waals surface area contributed by atoms with E-state index < -0.39 is 0 Å². The number of hydrogen-bond donors (Lipinski definition) is 9. The first kappa shape index (κ1) is 77.7. The second-order valence-electron chi connectivity index (χ2n) is 31.9. The number of Topliss-reactive ketones (excluding diaryl/α,β-unsaturated/α-hetero) is 3. The summed E-state index contributed by atoms with van der Waals surface area (Å²) in [5.41, 5.74) is 31.8. The van der Waals surface area contributed by atoms with E-state index in [0.717, 1.165) is 187 Å². The molecular formula is C88H109N15O8. The molecule has 10 aromatic rings. The number of benzene rings is 3. The number of H-pyrrole nitrogens is 3. The molecule has 0 spiro atoms. The molecule has 3 aliphatic carbocycles. The third-order valence-corrected chi connectivity index (χ3v) is 23.4. The molecule has 11 heterocycles. The minimum Gasteiger partial charge on any atom is -0.504 e. The number of anilines is 4. The van der Waals surface area contributed by atoms with Gasteiger partial charge in [0.15, 0.2) is 28.9 Å². The van der Waals surface area contributed by atoms with E-state index in [2.05, 4.69) is 88.8 Å². The number of nitrogens with zero attached hydrogens (tertiary/aromatic N) is 7. The zero-order chi connectivity index (χ0) is 77.1. The molecule has 111 heavy (non-hydrogen) atoms. The Morgan fingerprint density at radius 2 is 0.901 bits per heavy atom. The van der Waals surface area contributed by atoms with Crippen LogP contribution < -0.4 is 28.3 Å². The molecule has 23 nitrogen and oxygen atoms in total. The molecule has 6 fully saturated rings. The van der Waals surface area contributed by atoms with Crippen LogP contribution in [0.4, 0.5) is 23.3 Å². The average molecular weight is 1500 g/mol. The monoisotopic (exact) mass is 1500 g/mol. The number of para-hydroxylation sites is 3. The smallest absolute Gasteiger partial charge is 0.179 e. The largest absolute Gasteiger partial charge is 0.504 e. The maximum absolute atomic E-state index is 12.6. The molecular weight excluding hydrogens is 1400 g/mol. The first-order chi connectivity index (χ1) is 53.9. The predicted molar refractivity (Wildman–Crippen MR) is 436 cm³/mol. The number of morpholine rings is 3. The van der Waals surface area contributed by atoms with Crippen molar-refractivity contribution in [1.82, 2.24) is 54.9 Å². The van der Waals surface area contributed by atoms with Crippen LogP contribution in [0.25, 0.3) is 38.5 Å². The molecule has 13 N–H and O–H groups in total. The molecule has 0 bridgehead atoms. The van der Waals surface area contributed by atoms with Gasteiger partial charge in [0.1, 0.15) is 29.8 Å². The zero-order valence-corrected chi connectivity index (χ0v) is 64.4. The molecule has 3 saturated heterocycles. The number of aromatic amines is 3. The number of carbonyl (C=O) groups is 3. The molecule has 6 unspecified atom stereocenters. The van der Waals surface area contributed by atoms with Gasteiger partial charge < -0.3 is 72.2 Å². The number of aromatic nitrogens is 7. The summed E-state index contributed by atoms with van der Waals surface area (Å²) < 4.78 is 23.7.